The lowest BCUT2D eigenvalue weighted by atomic mass is 10.0. The zero-order chi connectivity index (χ0) is 23.8. The van der Waals surface area contributed by atoms with Crippen LogP contribution in [0.25, 0.3) is 10.9 Å². The zero-order valence-corrected chi connectivity index (χ0v) is 22.2. The summed E-state index contributed by atoms with van der Waals surface area (Å²) < 4.78 is 18.9. The Labute approximate surface area is 210 Å². The van der Waals surface area contributed by atoms with Crippen molar-refractivity contribution in [2.45, 2.75) is 71.2 Å². The molecule has 1 aliphatic rings. The van der Waals surface area contributed by atoms with E-state index in [0.717, 1.165) is 67.7 Å². The minimum Gasteiger partial charge on any atom is -0.489 e. The van der Waals surface area contributed by atoms with Gasteiger partial charge in [0.25, 0.3) is 5.91 Å². The van der Waals surface area contributed by atoms with E-state index in [1.807, 2.05) is 25.1 Å². The highest BCUT2D eigenvalue weighted by atomic mass is 35.5. The molecule has 0 bridgehead atoms. The molecule has 1 N–H and O–H groups in total. The molecule has 192 valence electrons. The monoisotopic (exact) mass is 495 g/mol. The van der Waals surface area contributed by atoms with Gasteiger partial charge in [0.05, 0.1) is 11.6 Å². The Kier molecular flexibility index (Phi) is 11.6. The van der Waals surface area contributed by atoms with Gasteiger partial charge in [0.15, 0.2) is 0 Å². The number of amides is 1. The number of piperidine rings is 1. The average Bonchev–Trinajstić information content (AvgIpc) is 3.20. The molecular weight excluding hydrogens is 454 g/mol. The molecule has 1 aliphatic heterocycles. The minimum atomic E-state index is -0.0123. The van der Waals surface area contributed by atoms with Crippen LogP contribution in [0.4, 0.5) is 0 Å². The number of fused-ring (bicyclic) bond motifs is 1. The summed E-state index contributed by atoms with van der Waals surface area (Å²) >= 11 is 0. The van der Waals surface area contributed by atoms with E-state index in [1.54, 1.807) is 14.2 Å². The van der Waals surface area contributed by atoms with E-state index in [-0.39, 0.29) is 36.5 Å². The number of nitrogens with zero attached hydrogens (tertiary/aromatic N) is 2. The van der Waals surface area contributed by atoms with Crippen LogP contribution >= 0.6 is 12.4 Å². The Bertz CT molecular complexity index is 896. The van der Waals surface area contributed by atoms with E-state index in [2.05, 4.69) is 34.7 Å². The number of carbonyl (C=O) groups excluding carboxylic acids is 1. The lowest BCUT2D eigenvalue weighted by molar-refractivity contribution is 0.0562. The first kappa shape index (κ1) is 28.4. The summed E-state index contributed by atoms with van der Waals surface area (Å²) in [5, 5.41) is 4.49. The molecule has 0 aliphatic carbocycles. The second-order valence-electron chi connectivity index (χ2n) is 9.24. The van der Waals surface area contributed by atoms with Gasteiger partial charge in [-0.25, -0.2) is 0 Å². The van der Waals surface area contributed by atoms with E-state index >= 15 is 0 Å². The lowest BCUT2D eigenvalue weighted by Crippen LogP contribution is -2.52. The second-order valence-corrected chi connectivity index (χ2v) is 9.24. The number of para-hydroxylation sites is 1. The van der Waals surface area contributed by atoms with Crippen molar-refractivity contribution in [2.75, 3.05) is 40.5 Å². The van der Waals surface area contributed by atoms with Gasteiger partial charge in [0.2, 0.25) is 0 Å². The van der Waals surface area contributed by atoms with Crippen molar-refractivity contribution in [1.82, 2.24) is 14.8 Å². The van der Waals surface area contributed by atoms with Crippen LogP contribution in [0.1, 0.15) is 56.9 Å². The van der Waals surface area contributed by atoms with Gasteiger partial charge in [-0.15, -0.1) is 12.4 Å². The summed E-state index contributed by atoms with van der Waals surface area (Å²) in [7, 11) is 3.41. The van der Waals surface area contributed by atoms with Crippen LogP contribution in [-0.2, 0) is 16.0 Å². The smallest absolute Gasteiger partial charge is 0.271 e. The fourth-order valence-corrected chi connectivity index (χ4v) is 4.63. The number of benzene rings is 1. The van der Waals surface area contributed by atoms with Gasteiger partial charge in [0.1, 0.15) is 18.1 Å². The molecule has 2 aromatic rings. The highest BCUT2D eigenvalue weighted by molar-refractivity contribution is 6.00. The van der Waals surface area contributed by atoms with Gasteiger partial charge in [-0.3, -0.25) is 4.79 Å². The van der Waals surface area contributed by atoms with Crippen LogP contribution in [0, 0.1) is 0 Å². The van der Waals surface area contributed by atoms with E-state index in [0.29, 0.717) is 13.2 Å². The fraction of sp³-hybridized carbons (Fsp3) is 0.654. The summed E-state index contributed by atoms with van der Waals surface area (Å²) in [6.07, 6.45) is 3.98. The van der Waals surface area contributed by atoms with Crippen molar-refractivity contribution < 1.29 is 19.0 Å². The Balaban J connectivity index is 0.00000408. The Morgan fingerprint density at radius 3 is 2.68 bits per heavy atom. The second kappa shape index (κ2) is 13.9. The number of aromatic nitrogens is 1. The van der Waals surface area contributed by atoms with Gasteiger partial charge in [-0.05, 0) is 65.1 Å². The fourth-order valence-electron chi connectivity index (χ4n) is 4.63. The molecule has 1 saturated heterocycles. The molecule has 2 atom stereocenters. The number of rotatable bonds is 12. The summed E-state index contributed by atoms with van der Waals surface area (Å²) in [4.78, 5) is 16.0. The normalized spacial score (nSPS) is 16.9. The van der Waals surface area contributed by atoms with Crippen LogP contribution in [0.3, 0.4) is 0 Å². The molecule has 1 fully saturated rings. The number of hydrogen-bond donors (Lipinski definition) is 1. The molecule has 1 aromatic heterocycles. The summed E-state index contributed by atoms with van der Waals surface area (Å²) in [6.45, 7) is 9.99. The summed E-state index contributed by atoms with van der Waals surface area (Å²) in [6, 6.07) is 8.41. The third kappa shape index (κ3) is 6.87. The first-order valence-corrected chi connectivity index (χ1v) is 12.3. The van der Waals surface area contributed by atoms with Gasteiger partial charge < -0.3 is 29.0 Å². The molecule has 2 heterocycles. The maximum absolute atomic E-state index is 14.0. The van der Waals surface area contributed by atoms with Crippen molar-refractivity contribution in [3.05, 3.63) is 30.0 Å². The van der Waals surface area contributed by atoms with Crippen molar-refractivity contribution in [3.63, 3.8) is 0 Å². The van der Waals surface area contributed by atoms with Gasteiger partial charge in [0, 0.05) is 51.4 Å². The highest BCUT2D eigenvalue weighted by Gasteiger charge is 2.31. The standard InChI is InChI=1S/C26H41N3O4.ClH/c1-19(2)29(22-11-9-13-27-17-22)26(30)23-16-21-10-8-12-24(33-18-20(3)32-5)25(21)28(23)14-6-7-15-31-4;/h8,10,12,16,19-20,22,27H,6-7,9,11,13-15,17-18H2,1-5H3;1H/t20?,22-;/m1./s1. The number of hydrogen-bond acceptors (Lipinski definition) is 5. The Hall–Kier alpha value is -1.80. The number of ether oxygens (including phenoxy) is 3. The van der Waals surface area contributed by atoms with Crippen LogP contribution in [0.15, 0.2) is 24.3 Å². The molecule has 1 amide bonds. The third-order valence-electron chi connectivity index (χ3n) is 6.41. The van der Waals surface area contributed by atoms with Crippen molar-refractivity contribution in [2.24, 2.45) is 0 Å². The van der Waals surface area contributed by atoms with Crippen LogP contribution in [0.5, 0.6) is 5.75 Å². The molecule has 1 aromatic carbocycles. The number of nitrogens with one attached hydrogen (secondary N) is 1. The molecule has 34 heavy (non-hydrogen) atoms. The van der Waals surface area contributed by atoms with Crippen molar-refractivity contribution >= 4 is 29.2 Å². The third-order valence-corrected chi connectivity index (χ3v) is 6.41. The van der Waals surface area contributed by atoms with E-state index in [1.165, 1.54) is 0 Å². The summed E-state index contributed by atoms with van der Waals surface area (Å²) in [5.41, 5.74) is 1.71. The van der Waals surface area contributed by atoms with Crippen molar-refractivity contribution in [1.29, 1.82) is 0 Å². The molecule has 1 unspecified atom stereocenters. The van der Waals surface area contributed by atoms with Crippen molar-refractivity contribution in [3.8, 4) is 5.75 Å². The van der Waals surface area contributed by atoms with Crippen LogP contribution in [0.2, 0.25) is 0 Å². The Morgan fingerprint density at radius 1 is 1.24 bits per heavy atom. The van der Waals surface area contributed by atoms with Gasteiger partial charge in [-0.1, -0.05) is 12.1 Å². The maximum Gasteiger partial charge on any atom is 0.271 e. The van der Waals surface area contributed by atoms with E-state index in [4.69, 9.17) is 14.2 Å². The zero-order valence-electron chi connectivity index (χ0n) is 21.3. The number of unbranched alkanes of at least 4 members (excludes halogenated alkanes) is 1. The molecule has 8 heteroatoms. The van der Waals surface area contributed by atoms with Crippen LogP contribution < -0.4 is 10.1 Å². The molecule has 3 rings (SSSR count). The molecule has 0 radical (unpaired) electrons. The summed E-state index contributed by atoms with van der Waals surface area (Å²) in [5.74, 6) is 0.885. The van der Waals surface area contributed by atoms with Gasteiger partial charge in [-0.2, -0.15) is 0 Å². The maximum atomic E-state index is 14.0. The van der Waals surface area contributed by atoms with Crippen LogP contribution in [-0.4, -0.2) is 74.1 Å². The molecular formula is C26H42ClN3O4. The predicted octanol–water partition coefficient (Wildman–Crippen LogP) is 4.51. The van der Waals surface area contributed by atoms with Gasteiger partial charge >= 0.3 is 0 Å². The largest absolute Gasteiger partial charge is 0.489 e. The van der Waals surface area contributed by atoms with E-state index in [9.17, 15) is 4.79 Å². The number of halogens is 1. The predicted molar refractivity (Wildman–Crippen MR) is 139 cm³/mol. The first-order valence-electron chi connectivity index (χ1n) is 12.3. The molecule has 0 spiro atoms. The van der Waals surface area contributed by atoms with E-state index < -0.39 is 0 Å². The number of aryl methyl sites for hydroxylation is 1. The molecule has 7 nitrogen and oxygen atoms in total. The lowest BCUT2D eigenvalue weighted by Gasteiger charge is -2.37. The SMILES string of the molecule is COCCCCn1c(C(=O)N(C(C)C)[C@@H]2CCCNC2)cc2cccc(OCC(C)OC)c21.Cl. The number of carbonyl (C=O) groups is 1. The first-order chi connectivity index (χ1) is 16.0. The average molecular weight is 496 g/mol. The quantitative estimate of drug-likeness (QED) is 0.439. The number of methoxy groups -OCH3 is 2. The molecule has 0 saturated carbocycles. The topological polar surface area (TPSA) is 65.0 Å². The minimum absolute atomic E-state index is 0. The Morgan fingerprint density at radius 2 is 2.03 bits per heavy atom. The highest BCUT2D eigenvalue weighted by Crippen LogP contribution is 2.31.